The predicted octanol–water partition coefficient (Wildman–Crippen LogP) is 4.94. The molecule has 0 spiro atoms. The molecule has 0 atom stereocenters. The Bertz CT molecular complexity index is 1280. The van der Waals surface area contributed by atoms with E-state index in [9.17, 15) is 0 Å². The molecule has 7 nitrogen and oxygen atoms in total. The van der Waals surface area contributed by atoms with E-state index in [1.165, 1.54) is 0 Å². The fourth-order valence-corrected chi connectivity index (χ4v) is 4.50. The van der Waals surface area contributed by atoms with Crippen molar-refractivity contribution in [3.05, 3.63) is 139 Å². The van der Waals surface area contributed by atoms with Gasteiger partial charge in [0.25, 0.3) is 0 Å². The number of hydrogen-bond donors (Lipinski definition) is 0. The van der Waals surface area contributed by atoms with Crippen LogP contribution in [0.3, 0.4) is 0 Å². The van der Waals surface area contributed by atoms with Gasteiger partial charge in [-0.3, -0.25) is 14.6 Å². The summed E-state index contributed by atoms with van der Waals surface area (Å²) >= 11 is 0. The van der Waals surface area contributed by atoms with Crippen LogP contribution in [0.2, 0.25) is 0 Å². The molecule has 6 heterocycles. The molecule has 0 unspecified atom stereocenters. The first-order chi connectivity index (χ1) is 17.8. The molecule has 0 radical (unpaired) electrons. The molecule has 0 aliphatic rings. The Morgan fingerprint density at radius 3 is 1.19 bits per heavy atom. The lowest BCUT2D eigenvalue weighted by Crippen LogP contribution is -2.08. The summed E-state index contributed by atoms with van der Waals surface area (Å²) < 4.78 is 8.36. The van der Waals surface area contributed by atoms with Crippen molar-refractivity contribution in [2.45, 2.75) is 26.2 Å². The van der Waals surface area contributed by atoms with Gasteiger partial charge >= 0.3 is 0 Å². The van der Waals surface area contributed by atoms with Crippen molar-refractivity contribution in [3.8, 4) is 11.1 Å². The lowest BCUT2D eigenvalue weighted by Gasteiger charge is -2.14. The Morgan fingerprint density at radius 2 is 0.833 bits per heavy atom. The molecule has 178 valence electrons. The molecule has 36 heavy (non-hydrogen) atoms. The summed E-state index contributed by atoms with van der Waals surface area (Å²) in [7, 11) is 0. The van der Waals surface area contributed by atoms with Crippen molar-refractivity contribution < 1.29 is 0 Å². The van der Waals surface area contributed by atoms with Gasteiger partial charge in [-0.2, -0.15) is 5.10 Å². The second-order valence-corrected chi connectivity index (χ2v) is 8.95. The number of nitrogens with zero attached hydrogens (tertiary/aromatic N) is 7. The van der Waals surface area contributed by atoms with Gasteiger partial charge in [0.2, 0.25) is 0 Å². The zero-order valence-corrected chi connectivity index (χ0v) is 19.9. The fraction of sp³-hybridized carbons (Fsp3) is 0.138. The van der Waals surface area contributed by atoms with E-state index >= 15 is 0 Å². The summed E-state index contributed by atoms with van der Waals surface area (Å²) in [4.78, 5) is 9.97. The quantitative estimate of drug-likeness (QED) is 0.299. The maximum Gasteiger partial charge on any atom is 0.0831 e. The third kappa shape index (κ3) is 5.20. The molecule has 0 aliphatic heterocycles. The highest BCUT2D eigenvalue weighted by molar-refractivity contribution is 5.65. The molecule has 0 aromatic carbocycles. The summed E-state index contributed by atoms with van der Waals surface area (Å²) in [5, 5.41) is 4.39. The summed E-state index contributed by atoms with van der Waals surface area (Å²) in [5.41, 5.74) is 6.34. The van der Waals surface area contributed by atoms with Gasteiger partial charge in [0, 0.05) is 49.6 Å². The molecule has 0 N–H and O–H groups in total. The second-order valence-electron chi connectivity index (χ2n) is 8.95. The Morgan fingerprint density at radius 1 is 0.444 bits per heavy atom. The SMILES string of the molecule is c1ccn(Cc2cc(-c3cc(Cn4cccc4)nc(Cn4cccn4)c3)cc(Cn3cccc3)n2)c1. The number of hydrogen-bond acceptors (Lipinski definition) is 3. The van der Waals surface area contributed by atoms with E-state index in [4.69, 9.17) is 9.97 Å². The first-order valence-corrected chi connectivity index (χ1v) is 12.1. The van der Waals surface area contributed by atoms with Crippen molar-refractivity contribution in [1.29, 1.82) is 0 Å². The van der Waals surface area contributed by atoms with Gasteiger partial charge in [-0.25, -0.2) is 0 Å². The molecule has 6 aromatic heterocycles. The van der Waals surface area contributed by atoms with Crippen LogP contribution in [0, 0.1) is 0 Å². The standard InChI is InChI=1S/C29H27N7/c1-2-10-33(9-1)20-26-16-24(17-27(31-26)21-34-11-3-4-12-34)25-18-28(22-35-13-5-6-14-35)32-29(19-25)23-36-15-7-8-30-36/h1-19H,20-23H2. The minimum atomic E-state index is 0.622. The highest BCUT2D eigenvalue weighted by Gasteiger charge is 2.11. The first kappa shape index (κ1) is 21.9. The molecule has 6 aromatic rings. The maximum atomic E-state index is 5.00. The second kappa shape index (κ2) is 9.92. The van der Waals surface area contributed by atoms with Gasteiger partial charge in [-0.15, -0.1) is 0 Å². The molecule has 0 fully saturated rings. The van der Waals surface area contributed by atoms with Crippen molar-refractivity contribution in [3.63, 3.8) is 0 Å². The highest BCUT2D eigenvalue weighted by atomic mass is 15.3. The smallest absolute Gasteiger partial charge is 0.0831 e. The van der Waals surface area contributed by atoms with Crippen LogP contribution in [0.15, 0.2) is 116 Å². The molecule has 6 rings (SSSR count). The van der Waals surface area contributed by atoms with E-state index in [-0.39, 0.29) is 0 Å². The van der Waals surface area contributed by atoms with E-state index in [0.717, 1.165) is 47.0 Å². The topological polar surface area (TPSA) is 58.4 Å². The van der Waals surface area contributed by atoms with Crippen molar-refractivity contribution in [1.82, 2.24) is 33.4 Å². The third-order valence-corrected chi connectivity index (χ3v) is 6.11. The van der Waals surface area contributed by atoms with Gasteiger partial charge in [-0.1, -0.05) is 0 Å². The lowest BCUT2D eigenvalue weighted by molar-refractivity contribution is 0.665. The third-order valence-electron chi connectivity index (χ3n) is 6.11. The predicted molar refractivity (Wildman–Crippen MR) is 139 cm³/mol. The van der Waals surface area contributed by atoms with Crippen LogP contribution in [0.4, 0.5) is 0 Å². The molecular formula is C29H27N7. The molecule has 0 saturated carbocycles. The number of rotatable bonds is 9. The van der Waals surface area contributed by atoms with E-state index in [0.29, 0.717) is 13.1 Å². The van der Waals surface area contributed by atoms with Crippen molar-refractivity contribution in [2.24, 2.45) is 0 Å². The van der Waals surface area contributed by atoms with Gasteiger partial charge in [0.1, 0.15) is 0 Å². The van der Waals surface area contributed by atoms with E-state index in [1.54, 1.807) is 6.20 Å². The summed E-state index contributed by atoms with van der Waals surface area (Å²) in [5.74, 6) is 0. The minimum Gasteiger partial charge on any atom is -0.348 e. The van der Waals surface area contributed by atoms with Crippen molar-refractivity contribution in [2.75, 3.05) is 0 Å². The Hall–Kier alpha value is -4.65. The molecule has 0 bridgehead atoms. The molecule has 0 saturated heterocycles. The van der Waals surface area contributed by atoms with Gasteiger partial charge in [0.15, 0.2) is 0 Å². The molecule has 0 aliphatic carbocycles. The van der Waals surface area contributed by atoms with E-state index in [1.807, 2.05) is 53.3 Å². The van der Waals surface area contributed by atoms with Crippen LogP contribution in [0.5, 0.6) is 0 Å². The van der Waals surface area contributed by atoms with Crippen LogP contribution in [-0.2, 0) is 26.2 Å². The zero-order valence-electron chi connectivity index (χ0n) is 19.9. The number of aromatic nitrogens is 7. The minimum absolute atomic E-state index is 0.622. The average Bonchev–Trinajstić information content (AvgIpc) is 3.68. The molecule has 0 amide bonds. The largest absolute Gasteiger partial charge is 0.348 e. The fourth-order valence-electron chi connectivity index (χ4n) is 4.50. The van der Waals surface area contributed by atoms with Gasteiger partial charge < -0.3 is 13.7 Å². The van der Waals surface area contributed by atoms with Crippen LogP contribution in [-0.4, -0.2) is 33.4 Å². The van der Waals surface area contributed by atoms with Crippen molar-refractivity contribution >= 4 is 0 Å². The zero-order chi connectivity index (χ0) is 24.2. The van der Waals surface area contributed by atoms with Crippen LogP contribution in [0.25, 0.3) is 11.1 Å². The summed E-state index contributed by atoms with van der Waals surface area (Å²) in [6.45, 7) is 2.78. The van der Waals surface area contributed by atoms with Crippen LogP contribution >= 0.6 is 0 Å². The maximum absolute atomic E-state index is 5.00. The summed E-state index contributed by atoms with van der Waals surface area (Å²) in [6, 6.07) is 23.0. The van der Waals surface area contributed by atoms with E-state index in [2.05, 4.69) is 80.2 Å². The lowest BCUT2D eigenvalue weighted by atomic mass is 10.0. The average molecular weight is 474 g/mol. The van der Waals surface area contributed by atoms with Gasteiger partial charge in [-0.05, 0) is 77.9 Å². The number of pyridine rings is 2. The normalized spacial score (nSPS) is 11.2. The Kier molecular flexibility index (Phi) is 6.02. The van der Waals surface area contributed by atoms with E-state index < -0.39 is 0 Å². The highest BCUT2D eigenvalue weighted by Crippen LogP contribution is 2.25. The molecule has 7 heteroatoms. The first-order valence-electron chi connectivity index (χ1n) is 12.1. The van der Waals surface area contributed by atoms with Crippen LogP contribution in [0.1, 0.15) is 22.8 Å². The monoisotopic (exact) mass is 473 g/mol. The molecular weight excluding hydrogens is 446 g/mol. The van der Waals surface area contributed by atoms with Gasteiger partial charge in [0.05, 0.1) is 49.0 Å². The Labute approximate surface area is 209 Å². The summed E-state index contributed by atoms with van der Waals surface area (Å²) in [6.07, 6.45) is 16.2. The van der Waals surface area contributed by atoms with Crippen LogP contribution < -0.4 is 0 Å². The Balaban J connectivity index is 1.41.